The molecule has 138 valence electrons. The maximum Gasteiger partial charge on any atom is 0.347 e. The van der Waals surface area contributed by atoms with E-state index in [9.17, 15) is 8.76 Å². The van der Waals surface area contributed by atoms with Crippen LogP contribution in [0, 0.1) is 13.8 Å². The van der Waals surface area contributed by atoms with Gasteiger partial charge in [-0.2, -0.15) is 19.5 Å². The molecule has 26 heavy (non-hydrogen) atoms. The molecular formula is C16H22N7O2S+. The van der Waals surface area contributed by atoms with Crippen molar-refractivity contribution in [3.63, 3.8) is 0 Å². The quantitative estimate of drug-likeness (QED) is 0.569. The van der Waals surface area contributed by atoms with Gasteiger partial charge in [-0.25, -0.2) is 4.98 Å². The van der Waals surface area contributed by atoms with E-state index in [0.29, 0.717) is 23.7 Å². The molecule has 0 saturated carbocycles. The number of nitrogens with zero attached hydrogens (tertiary/aromatic N) is 5. The van der Waals surface area contributed by atoms with E-state index in [-0.39, 0.29) is 4.90 Å². The fourth-order valence-corrected chi connectivity index (χ4v) is 3.64. The summed E-state index contributed by atoms with van der Waals surface area (Å²) in [5.74, 6) is 0.600. The van der Waals surface area contributed by atoms with E-state index < -0.39 is 10.4 Å². The molecule has 0 aliphatic rings. The highest BCUT2D eigenvalue weighted by Gasteiger charge is 2.32. The number of aryl methyl sites for hydroxylation is 3. The van der Waals surface area contributed by atoms with Gasteiger partial charge in [0.15, 0.2) is 0 Å². The Hall–Kier alpha value is -2.72. The van der Waals surface area contributed by atoms with Crippen molar-refractivity contribution in [3.05, 3.63) is 47.7 Å². The van der Waals surface area contributed by atoms with Gasteiger partial charge in [0.05, 0.1) is 29.8 Å². The predicted octanol–water partition coefficient (Wildman–Crippen LogP) is 2.14. The summed E-state index contributed by atoms with van der Waals surface area (Å²) in [4.78, 5) is 4.41. The molecule has 0 fully saturated rings. The Labute approximate surface area is 152 Å². The maximum absolute atomic E-state index is 12.7. The third-order valence-corrected chi connectivity index (χ3v) is 5.39. The molecule has 3 rings (SSSR count). The average molecular weight is 376 g/mol. The molecule has 3 aromatic heterocycles. The smallest absolute Gasteiger partial charge is 0.347 e. The molecule has 9 nitrogen and oxygen atoms in total. The zero-order valence-electron chi connectivity index (χ0n) is 15.1. The van der Waals surface area contributed by atoms with Crippen molar-refractivity contribution in [2.45, 2.75) is 25.3 Å². The first-order valence-electron chi connectivity index (χ1n) is 7.99. The zero-order valence-corrected chi connectivity index (χ0v) is 15.9. The highest BCUT2D eigenvalue weighted by atomic mass is 32.3. The summed E-state index contributed by atoms with van der Waals surface area (Å²) in [5, 5.41) is 11.6. The van der Waals surface area contributed by atoms with Gasteiger partial charge >= 0.3 is 10.4 Å². The number of hydrogen-bond acceptors (Lipinski definition) is 5. The molecule has 0 bridgehead atoms. The van der Waals surface area contributed by atoms with Gasteiger partial charge in [-0.1, -0.05) is 0 Å². The molecule has 0 amide bonds. The molecule has 3 N–H and O–H groups in total. The van der Waals surface area contributed by atoms with E-state index >= 15 is 0 Å². The van der Waals surface area contributed by atoms with Crippen molar-refractivity contribution in [2.75, 3.05) is 10.0 Å². The predicted molar refractivity (Wildman–Crippen MR) is 100 cm³/mol. The fraction of sp³-hybridized carbons (Fsp3) is 0.312. The van der Waals surface area contributed by atoms with Crippen LogP contribution in [0.25, 0.3) is 0 Å². The van der Waals surface area contributed by atoms with Crippen molar-refractivity contribution < 1.29 is 8.76 Å². The summed E-state index contributed by atoms with van der Waals surface area (Å²) in [5.41, 5.74) is 2.88. The summed E-state index contributed by atoms with van der Waals surface area (Å²) in [7, 11) is 0.157. The standard InChI is InChI=1S/C16H21N7O2S/c1-11-16(12(2)23(4)19-11)21-26(24,25)14-5-6-15(18-10-14)17-9-13-7-8-22(3)20-13/h5-8,10H,9H2,1-4H3,(H2-,17,18,21,24,25)/p+1. The van der Waals surface area contributed by atoms with Crippen LogP contribution in [0.5, 0.6) is 0 Å². The molecule has 0 aliphatic heterocycles. The highest BCUT2D eigenvalue weighted by Crippen LogP contribution is 2.25. The van der Waals surface area contributed by atoms with Crippen molar-refractivity contribution in [1.29, 1.82) is 0 Å². The van der Waals surface area contributed by atoms with E-state index in [4.69, 9.17) is 0 Å². The lowest BCUT2D eigenvalue weighted by molar-refractivity contribution is 0.502. The lowest BCUT2D eigenvalue weighted by Crippen LogP contribution is -2.21. The average Bonchev–Trinajstić information content (AvgIpc) is 3.11. The van der Waals surface area contributed by atoms with Gasteiger partial charge in [-0.15, -0.1) is 0 Å². The molecule has 3 aromatic rings. The van der Waals surface area contributed by atoms with Crippen LogP contribution in [-0.2, 0) is 35.2 Å². The maximum atomic E-state index is 12.7. The third kappa shape index (κ3) is 3.75. The Morgan fingerprint density at radius 3 is 2.50 bits per heavy atom. The summed E-state index contributed by atoms with van der Waals surface area (Å²) in [6, 6.07) is 5.15. The number of pyridine rings is 1. The van der Waals surface area contributed by atoms with Gasteiger partial charge in [0, 0.05) is 26.4 Å². The van der Waals surface area contributed by atoms with Crippen LogP contribution in [0.4, 0.5) is 11.5 Å². The first kappa shape index (κ1) is 18.1. The molecule has 3 heterocycles. The zero-order chi connectivity index (χ0) is 18.9. The molecule has 10 heteroatoms. The number of hydrogen-bond donors (Lipinski definition) is 3. The van der Waals surface area contributed by atoms with E-state index in [1.54, 1.807) is 35.5 Å². The van der Waals surface area contributed by atoms with Gasteiger partial charge in [-0.3, -0.25) is 9.36 Å². The minimum absolute atomic E-state index is 0.198. The number of rotatable bonds is 6. The highest BCUT2D eigenvalue weighted by molar-refractivity contribution is 7.99. The van der Waals surface area contributed by atoms with Gasteiger partial charge < -0.3 is 5.32 Å². The second-order valence-corrected chi connectivity index (χ2v) is 7.74. The molecule has 1 atom stereocenters. The number of anilines is 2. The van der Waals surface area contributed by atoms with Crippen molar-refractivity contribution in [3.8, 4) is 0 Å². The normalized spacial score (nSPS) is 13.4. The molecule has 0 radical (unpaired) electrons. The van der Waals surface area contributed by atoms with Gasteiger partial charge in [0.2, 0.25) is 4.90 Å². The molecule has 0 aliphatic carbocycles. The molecular weight excluding hydrogens is 354 g/mol. The summed E-state index contributed by atoms with van der Waals surface area (Å²) in [6.07, 6.45) is 3.25. The van der Waals surface area contributed by atoms with Crippen LogP contribution in [0.1, 0.15) is 17.1 Å². The topological polar surface area (TPSA) is 110 Å². The lowest BCUT2D eigenvalue weighted by atomic mass is 10.3. The summed E-state index contributed by atoms with van der Waals surface area (Å²) in [6.45, 7) is 4.14. The van der Waals surface area contributed by atoms with Crippen molar-refractivity contribution in [1.82, 2.24) is 24.5 Å². The van der Waals surface area contributed by atoms with Crippen LogP contribution in [0.15, 0.2) is 35.5 Å². The summed E-state index contributed by atoms with van der Waals surface area (Å²) < 4.78 is 29.2. The first-order valence-corrected chi connectivity index (χ1v) is 9.51. The van der Waals surface area contributed by atoms with Crippen molar-refractivity contribution >= 4 is 21.9 Å². The van der Waals surface area contributed by atoms with Crippen LogP contribution in [0.2, 0.25) is 0 Å². The van der Waals surface area contributed by atoms with Crippen LogP contribution in [-0.4, -0.2) is 29.1 Å². The Kier molecular flexibility index (Phi) is 4.79. The molecule has 0 spiro atoms. The van der Waals surface area contributed by atoms with Crippen LogP contribution >= 0.6 is 0 Å². The third-order valence-electron chi connectivity index (χ3n) is 4.02. The Morgan fingerprint density at radius 2 is 1.96 bits per heavy atom. The lowest BCUT2D eigenvalue weighted by Gasteiger charge is -2.08. The minimum atomic E-state index is -3.48. The second kappa shape index (κ2) is 6.89. The van der Waals surface area contributed by atoms with Gasteiger partial charge in [-0.05, 0) is 30.2 Å². The Bertz CT molecular complexity index is 962. The molecule has 0 saturated heterocycles. The van der Waals surface area contributed by atoms with E-state index in [0.717, 1.165) is 11.4 Å². The largest absolute Gasteiger partial charge is 0.364 e. The van der Waals surface area contributed by atoms with Crippen molar-refractivity contribution in [2.24, 2.45) is 14.1 Å². The first-order chi connectivity index (χ1) is 12.3. The SMILES string of the molecule is Cc1nn(C)c(C)c1N[S+](=O)(O)c1ccc(NCc2ccn(C)n2)nc1. The Morgan fingerprint density at radius 1 is 1.19 bits per heavy atom. The summed E-state index contributed by atoms with van der Waals surface area (Å²) >= 11 is 0. The Balaban J connectivity index is 1.71. The van der Waals surface area contributed by atoms with Gasteiger partial charge in [0.1, 0.15) is 11.5 Å². The van der Waals surface area contributed by atoms with E-state index in [1.807, 2.05) is 26.2 Å². The fourth-order valence-electron chi connectivity index (χ4n) is 2.51. The monoisotopic (exact) mass is 376 g/mol. The van der Waals surface area contributed by atoms with E-state index in [2.05, 4.69) is 25.2 Å². The van der Waals surface area contributed by atoms with E-state index in [1.165, 1.54) is 6.20 Å². The van der Waals surface area contributed by atoms with Gasteiger partial charge in [0.25, 0.3) is 0 Å². The second-order valence-electron chi connectivity index (χ2n) is 6.01. The molecule has 0 aromatic carbocycles. The van der Waals surface area contributed by atoms with Crippen LogP contribution < -0.4 is 10.0 Å². The van der Waals surface area contributed by atoms with Crippen LogP contribution in [0.3, 0.4) is 0 Å². The number of nitrogens with one attached hydrogen (secondary N) is 2. The minimum Gasteiger partial charge on any atom is -0.364 e. The number of aromatic nitrogens is 5. The molecule has 1 unspecified atom stereocenters.